The summed E-state index contributed by atoms with van der Waals surface area (Å²) in [4.78, 5) is 12.6. The molecule has 1 saturated carbocycles. The summed E-state index contributed by atoms with van der Waals surface area (Å²) in [7, 11) is 0. The lowest BCUT2D eigenvalue weighted by atomic mass is 9.72. The van der Waals surface area contributed by atoms with E-state index >= 15 is 0 Å². The molecule has 2 N–H and O–H groups in total. The van der Waals surface area contributed by atoms with Crippen molar-refractivity contribution in [2.45, 2.75) is 51.1 Å². The van der Waals surface area contributed by atoms with Crippen molar-refractivity contribution >= 4 is 18.1 Å². The fourth-order valence-electron chi connectivity index (χ4n) is 3.16. The van der Waals surface area contributed by atoms with E-state index in [1.54, 1.807) is 16.7 Å². The van der Waals surface area contributed by atoms with E-state index in [9.17, 15) is 9.18 Å². The molecule has 1 aliphatic rings. The molecule has 1 aromatic heterocycles. The van der Waals surface area contributed by atoms with Gasteiger partial charge in [0.25, 0.3) is 0 Å². The van der Waals surface area contributed by atoms with Crippen molar-refractivity contribution in [1.29, 1.82) is 0 Å². The van der Waals surface area contributed by atoms with Gasteiger partial charge in [0, 0.05) is 6.42 Å². The monoisotopic (exact) mass is 348 g/mol. The van der Waals surface area contributed by atoms with Gasteiger partial charge in [-0.25, -0.2) is 4.39 Å². The maximum absolute atomic E-state index is 13.2. The van der Waals surface area contributed by atoms with Gasteiger partial charge < -0.3 is 5.32 Å². The number of halogens is 1. The number of nitrogens with zero attached hydrogens (tertiary/aromatic N) is 2. The number of hydrogen-bond donors (Lipinski definition) is 2. The van der Waals surface area contributed by atoms with E-state index in [0.717, 1.165) is 43.5 Å². The van der Waals surface area contributed by atoms with Crippen LogP contribution in [0.25, 0.3) is 0 Å². The Morgan fingerprint density at radius 2 is 2.12 bits per heavy atom. The van der Waals surface area contributed by atoms with Gasteiger partial charge in [0.2, 0.25) is 5.91 Å². The van der Waals surface area contributed by atoms with Crippen LogP contribution in [-0.4, -0.2) is 20.7 Å². The third kappa shape index (κ3) is 3.26. The molecule has 1 heterocycles. The normalized spacial score (nSPS) is 15.8. The number of nitrogens with one attached hydrogen (secondary N) is 2. The van der Waals surface area contributed by atoms with Crippen molar-refractivity contribution in [3.63, 3.8) is 0 Å². The molecule has 0 atom stereocenters. The Bertz CT molecular complexity index is 777. The number of hydrogen-bond acceptors (Lipinski definition) is 3. The average Bonchev–Trinajstić information content (AvgIpc) is 2.85. The van der Waals surface area contributed by atoms with E-state index in [4.69, 9.17) is 12.2 Å². The molecule has 0 aliphatic heterocycles. The van der Waals surface area contributed by atoms with Crippen LogP contribution < -0.4 is 5.32 Å². The van der Waals surface area contributed by atoms with Gasteiger partial charge in [-0.05, 0) is 55.6 Å². The molecule has 128 valence electrons. The Morgan fingerprint density at radius 3 is 2.71 bits per heavy atom. The average molecular weight is 348 g/mol. The Morgan fingerprint density at radius 1 is 1.42 bits per heavy atom. The number of amides is 1. The zero-order valence-corrected chi connectivity index (χ0v) is 14.5. The largest absolute Gasteiger partial charge is 0.345 e. The zero-order valence-electron chi connectivity index (χ0n) is 13.6. The first kappa shape index (κ1) is 16.8. The van der Waals surface area contributed by atoms with E-state index in [1.165, 1.54) is 12.1 Å². The second kappa shape index (κ2) is 6.84. The van der Waals surface area contributed by atoms with E-state index in [1.807, 2.05) is 0 Å². The summed E-state index contributed by atoms with van der Waals surface area (Å²) in [5.74, 6) is 0.421. The molecule has 0 radical (unpaired) electrons. The number of H-pyrrole nitrogens is 1. The molecule has 3 rings (SSSR count). The lowest BCUT2D eigenvalue weighted by Crippen LogP contribution is -2.51. The van der Waals surface area contributed by atoms with Gasteiger partial charge in [0.1, 0.15) is 18.2 Å². The summed E-state index contributed by atoms with van der Waals surface area (Å²) in [5, 5.41) is 10.1. The number of benzene rings is 1. The maximum Gasteiger partial charge on any atom is 0.240 e. The van der Waals surface area contributed by atoms with Crippen LogP contribution in [0.15, 0.2) is 24.3 Å². The Labute approximate surface area is 145 Å². The highest BCUT2D eigenvalue weighted by molar-refractivity contribution is 7.71. The highest BCUT2D eigenvalue weighted by Crippen LogP contribution is 2.41. The smallest absolute Gasteiger partial charge is 0.240 e. The molecular formula is C17H21FN4OS. The third-order valence-corrected chi connectivity index (χ3v) is 4.91. The summed E-state index contributed by atoms with van der Waals surface area (Å²) in [5.41, 5.74) is 0.565. The summed E-state index contributed by atoms with van der Waals surface area (Å²) in [6.45, 7) is 2.20. The molecule has 1 aliphatic carbocycles. The number of aromatic amines is 1. The van der Waals surface area contributed by atoms with Crippen LogP contribution in [-0.2, 0) is 23.3 Å². The minimum absolute atomic E-state index is 0.103. The fourth-order valence-corrected chi connectivity index (χ4v) is 3.38. The van der Waals surface area contributed by atoms with Gasteiger partial charge in [0.15, 0.2) is 4.77 Å². The summed E-state index contributed by atoms with van der Waals surface area (Å²) in [6.07, 6.45) is 4.47. The first-order chi connectivity index (χ1) is 11.5. The molecule has 0 bridgehead atoms. The Kier molecular flexibility index (Phi) is 4.80. The summed E-state index contributed by atoms with van der Waals surface area (Å²) in [6, 6.07) is 6.38. The molecule has 24 heavy (non-hydrogen) atoms. The van der Waals surface area contributed by atoms with Crippen molar-refractivity contribution in [3.8, 4) is 0 Å². The molecule has 1 aromatic carbocycles. The van der Waals surface area contributed by atoms with Gasteiger partial charge in [-0.3, -0.25) is 14.5 Å². The van der Waals surface area contributed by atoms with Crippen molar-refractivity contribution in [2.24, 2.45) is 0 Å². The number of aromatic nitrogens is 3. The highest BCUT2D eigenvalue weighted by Gasteiger charge is 2.40. The SMILES string of the molecule is CCCc1n[nH]c(=S)n1CC(=O)NC1(c2ccc(F)cc2)CCC1. The summed E-state index contributed by atoms with van der Waals surface area (Å²) < 4.78 is 15.4. The Balaban J connectivity index is 1.75. The van der Waals surface area contributed by atoms with E-state index < -0.39 is 0 Å². The molecule has 0 spiro atoms. The van der Waals surface area contributed by atoms with E-state index in [2.05, 4.69) is 22.4 Å². The van der Waals surface area contributed by atoms with Crippen LogP contribution in [0.1, 0.15) is 44.0 Å². The lowest BCUT2D eigenvalue weighted by molar-refractivity contribution is -0.125. The van der Waals surface area contributed by atoms with Crippen molar-refractivity contribution in [1.82, 2.24) is 20.1 Å². The molecule has 7 heteroatoms. The molecule has 0 saturated heterocycles. The van der Waals surface area contributed by atoms with Gasteiger partial charge in [-0.15, -0.1) is 0 Å². The number of carbonyl (C=O) groups excluding carboxylic acids is 1. The van der Waals surface area contributed by atoms with E-state index in [0.29, 0.717) is 4.77 Å². The van der Waals surface area contributed by atoms with Crippen molar-refractivity contribution < 1.29 is 9.18 Å². The summed E-state index contributed by atoms with van der Waals surface area (Å²) >= 11 is 5.22. The first-order valence-electron chi connectivity index (χ1n) is 8.25. The molecule has 5 nitrogen and oxygen atoms in total. The van der Waals surface area contributed by atoms with E-state index in [-0.39, 0.29) is 23.8 Å². The van der Waals surface area contributed by atoms with Crippen molar-refractivity contribution in [3.05, 3.63) is 46.2 Å². The van der Waals surface area contributed by atoms with Crippen LogP contribution in [0.2, 0.25) is 0 Å². The Hall–Kier alpha value is -2.02. The minimum atomic E-state index is -0.387. The third-order valence-electron chi connectivity index (χ3n) is 4.60. The quantitative estimate of drug-likeness (QED) is 0.788. The predicted octanol–water partition coefficient (Wildman–Crippen LogP) is 3.23. The van der Waals surface area contributed by atoms with Crippen molar-refractivity contribution in [2.75, 3.05) is 0 Å². The number of rotatable bonds is 6. The first-order valence-corrected chi connectivity index (χ1v) is 8.66. The van der Waals surface area contributed by atoms with Gasteiger partial charge in [0.05, 0.1) is 5.54 Å². The molecule has 1 amide bonds. The predicted molar refractivity (Wildman–Crippen MR) is 91.5 cm³/mol. The highest BCUT2D eigenvalue weighted by atomic mass is 32.1. The maximum atomic E-state index is 13.2. The zero-order chi connectivity index (χ0) is 17.2. The number of aryl methyl sites for hydroxylation is 1. The van der Waals surface area contributed by atoms with Crippen LogP contribution >= 0.6 is 12.2 Å². The molecule has 1 fully saturated rings. The second-order valence-electron chi connectivity index (χ2n) is 6.27. The van der Waals surface area contributed by atoms with Crippen LogP contribution in [0.4, 0.5) is 4.39 Å². The minimum Gasteiger partial charge on any atom is -0.345 e. The van der Waals surface area contributed by atoms with Gasteiger partial charge in [-0.1, -0.05) is 19.1 Å². The molecule has 0 unspecified atom stereocenters. The van der Waals surface area contributed by atoms with Gasteiger partial charge >= 0.3 is 0 Å². The molecular weight excluding hydrogens is 327 g/mol. The van der Waals surface area contributed by atoms with Crippen LogP contribution in [0, 0.1) is 10.6 Å². The van der Waals surface area contributed by atoms with Crippen LogP contribution in [0.3, 0.4) is 0 Å². The van der Waals surface area contributed by atoms with Crippen LogP contribution in [0.5, 0.6) is 0 Å². The molecule has 2 aromatic rings. The standard InChI is InChI=1S/C17H21FN4OS/c1-2-4-14-20-21-16(24)22(14)11-15(23)19-17(9-3-10-17)12-5-7-13(18)8-6-12/h5-8H,2-4,9-11H2,1H3,(H,19,23)(H,21,24). The number of carbonyl (C=O) groups is 1. The lowest BCUT2D eigenvalue weighted by Gasteiger charge is -2.43. The van der Waals surface area contributed by atoms with Gasteiger partial charge in [-0.2, -0.15) is 5.10 Å². The fraction of sp³-hybridized carbons (Fsp3) is 0.471. The second-order valence-corrected chi connectivity index (χ2v) is 6.66. The topological polar surface area (TPSA) is 62.7 Å².